The van der Waals surface area contributed by atoms with Crippen LogP contribution in [0.4, 0.5) is 0 Å². The second-order valence-corrected chi connectivity index (χ2v) is 6.13. The highest BCUT2D eigenvalue weighted by molar-refractivity contribution is 5.79. The molecule has 2 heterocycles. The summed E-state index contributed by atoms with van der Waals surface area (Å²) in [6.07, 6.45) is 6.45. The van der Waals surface area contributed by atoms with E-state index < -0.39 is 0 Å². The van der Waals surface area contributed by atoms with Gasteiger partial charge in [0.1, 0.15) is 6.26 Å². The first kappa shape index (κ1) is 17.7. The maximum Gasteiger partial charge on any atom is 0.226 e. The third-order valence-corrected chi connectivity index (χ3v) is 3.98. The van der Waals surface area contributed by atoms with Gasteiger partial charge in [0.25, 0.3) is 0 Å². The average molecular weight is 352 g/mol. The van der Waals surface area contributed by atoms with Gasteiger partial charge < -0.3 is 15.1 Å². The van der Waals surface area contributed by atoms with E-state index in [1.165, 1.54) is 11.1 Å². The summed E-state index contributed by atoms with van der Waals surface area (Å²) in [5.74, 6) is 1.36. The van der Waals surface area contributed by atoms with Crippen molar-refractivity contribution in [2.45, 2.75) is 19.9 Å². The Morgan fingerprint density at radius 2 is 2.04 bits per heavy atom. The largest absolute Gasteiger partial charge is 0.444 e. The second kappa shape index (κ2) is 8.33. The van der Waals surface area contributed by atoms with Gasteiger partial charge in [0.05, 0.1) is 18.4 Å². The molecule has 2 N–H and O–H groups in total. The van der Waals surface area contributed by atoms with E-state index in [0.29, 0.717) is 12.4 Å². The van der Waals surface area contributed by atoms with Crippen LogP contribution in [0.2, 0.25) is 0 Å². The van der Waals surface area contributed by atoms with Crippen LogP contribution in [0.1, 0.15) is 16.8 Å². The van der Waals surface area contributed by atoms with Gasteiger partial charge in [0.2, 0.25) is 5.89 Å². The topological polar surface area (TPSA) is 80.3 Å². The molecule has 0 radical (unpaired) electrons. The van der Waals surface area contributed by atoms with E-state index in [0.717, 1.165) is 30.2 Å². The standard InChI is InChI=1S/C19H24N6O/c1-14-4-6-16(7-5-14)18-24-17(13-26-18)11-22-19(20-2)21-9-8-15-10-23-25(3)12-15/h4-7,10,12-13H,8-9,11H2,1-3H3,(H2,20,21,22). The SMILES string of the molecule is CN=C(NCCc1cnn(C)c1)NCc1coc(-c2ccc(C)cc2)n1. The lowest BCUT2D eigenvalue weighted by molar-refractivity contribution is 0.572. The van der Waals surface area contributed by atoms with Crippen molar-refractivity contribution in [1.29, 1.82) is 0 Å². The molecule has 3 rings (SSSR count). The smallest absolute Gasteiger partial charge is 0.226 e. The molecule has 0 unspecified atom stereocenters. The van der Waals surface area contributed by atoms with Crippen LogP contribution < -0.4 is 10.6 Å². The van der Waals surface area contributed by atoms with E-state index in [1.807, 2.05) is 43.7 Å². The van der Waals surface area contributed by atoms with Crippen molar-refractivity contribution in [1.82, 2.24) is 25.4 Å². The first-order valence-corrected chi connectivity index (χ1v) is 8.57. The number of rotatable bonds is 6. The van der Waals surface area contributed by atoms with Crippen LogP contribution >= 0.6 is 0 Å². The van der Waals surface area contributed by atoms with Gasteiger partial charge in [0, 0.05) is 32.4 Å². The maximum absolute atomic E-state index is 5.58. The summed E-state index contributed by atoms with van der Waals surface area (Å²) in [6, 6.07) is 8.12. The van der Waals surface area contributed by atoms with E-state index in [2.05, 4.69) is 32.6 Å². The van der Waals surface area contributed by atoms with Crippen molar-refractivity contribution >= 4 is 5.96 Å². The monoisotopic (exact) mass is 352 g/mol. The first-order valence-electron chi connectivity index (χ1n) is 8.57. The maximum atomic E-state index is 5.58. The van der Waals surface area contributed by atoms with Gasteiger partial charge >= 0.3 is 0 Å². The van der Waals surface area contributed by atoms with Gasteiger partial charge in [-0.3, -0.25) is 9.67 Å². The second-order valence-electron chi connectivity index (χ2n) is 6.13. The van der Waals surface area contributed by atoms with Crippen molar-refractivity contribution in [2.24, 2.45) is 12.0 Å². The molecule has 0 spiro atoms. The Morgan fingerprint density at radius 1 is 1.23 bits per heavy atom. The van der Waals surface area contributed by atoms with Gasteiger partial charge in [-0.25, -0.2) is 4.98 Å². The lowest BCUT2D eigenvalue weighted by atomic mass is 10.1. The van der Waals surface area contributed by atoms with E-state index in [9.17, 15) is 0 Å². The molecule has 1 aromatic carbocycles. The minimum absolute atomic E-state index is 0.544. The molecule has 2 aromatic heterocycles. The van der Waals surface area contributed by atoms with E-state index in [-0.39, 0.29) is 0 Å². The van der Waals surface area contributed by atoms with Crippen LogP contribution in [-0.2, 0) is 20.0 Å². The molecule has 7 heteroatoms. The minimum Gasteiger partial charge on any atom is -0.444 e. The van der Waals surface area contributed by atoms with Crippen LogP contribution in [0, 0.1) is 6.92 Å². The molecular formula is C19H24N6O. The van der Waals surface area contributed by atoms with Gasteiger partial charge in [0.15, 0.2) is 5.96 Å². The number of guanidine groups is 1. The number of aryl methyl sites for hydroxylation is 2. The zero-order valence-electron chi connectivity index (χ0n) is 15.4. The van der Waals surface area contributed by atoms with Gasteiger partial charge in [-0.15, -0.1) is 0 Å². The summed E-state index contributed by atoms with van der Waals surface area (Å²) in [5, 5.41) is 10.7. The van der Waals surface area contributed by atoms with E-state index in [1.54, 1.807) is 18.0 Å². The number of aliphatic imine (C=N–C) groups is 1. The molecule has 0 fully saturated rings. The molecule has 26 heavy (non-hydrogen) atoms. The van der Waals surface area contributed by atoms with Crippen LogP contribution in [0.15, 0.2) is 52.3 Å². The minimum atomic E-state index is 0.544. The van der Waals surface area contributed by atoms with Crippen molar-refractivity contribution < 1.29 is 4.42 Å². The molecule has 3 aromatic rings. The van der Waals surface area contributed by atoms with Crippen molar-refractivity contribution in [3.63, 3.8) is 0 Å². The molecule has 0 atom stereocenters. The quantitative estimate of drug-likeness (QED) is 0.526. The summed E-state index contributed by atoms with van der Waals surface area (Å²) in [5.41, 5.74) is 4.20. The Bertz CT molecular complexity index is 862. The molecule has 0 aliphatic carbocycles. The third kappa shape index (κ3) is 4.72. The fraction of sp³-hybridized carbons (Fsp3) is 0.316. The molecule has 0 bridgehead atoms. The van der Waals surface area contributed by atoms with Crippen LogP contribution in [0.5, 0.6) is 0 Å². The summed E-state index contributed by atoms with van der Waals surface area (Å²) in [7, 11) is 3.67. The highest BCUT2D eigenvalue weighted by Gasteiger charge is 2.07. The Morgan fingerprint density at radius 3 is 2.73 bits per heavy atom. The predicted octanol–water partition coefficient (Wildman–Crippen LogP) is 2.29. The fourth-order valence-electron chi connectivity index (χ4n) is 2.54. The molecular weight excluding hydrogens is 328 g/mol. The number of oxazole rings is 1. The van der Waals surface area contributed by atoms with Crippen LogP contribution in [0.25, 0.3) is 11.5 Å². The molecule has 136 valence electrons. The summed E-state index contributed by atoms with van der Waals surface area (Å²) in [6.45, 7) is 3.38. The fourth-order valence-corrected chi connectivity index (χ4v) is 2.54. The van der Waals surface area contributed by atoms with Crippen LogP contribution in [0.3, 0.4) is 0 Å². The molecule has 0 aliphatic heterocycles. The Hall–Kier alpha value is -3.09. The average Bonchev–Trinajstić information content (AvgIpc) is 3.28. The van der Waals surface area contributed by atoms with Crippen molar-refractivity contribution in [2.75, 3.05) is 13.6 Å². The van der Waals surface area contributed by atoms with Crippen molar-refractivity contribution in [3.8, 4) is 11.5 Å². The first-order chi connectivity index (χ1) is 12.6. The van der Waals surface area contributed by atoms with Gasteiger partial charge in [-0.05, 0) is 31.0 Å². The number of nitrogens with zero attached hydrogens (tertiary/aromatic N) is 4. The Labute approximate surface area is 153 Å². The normalized spacial score (nSPS) is 11.6. The summed E-state index contributed by atoms with van der Waals surface area (Å²) in [4.78, 5) is 8.75. The molecule has 7 nitrogen and oxygen atoms in total. The predicted molar refractivity (Wildman–Crippen MR) is 102 cm³/mol. The Kier molecular flexibility index (Phi) is 5.68. The van der Waals surface area contributed by atoms with E-state index >= 15 is 0 Å². The molecule has 0 amide bonds. The highest BCUT2D eigenvalue weighted by Crippen LogP contribution is 2.18. The lowest BCUT2D eigenvalue weighted by Gasteiger charge is -2.10. The van der Waals surface area contributed by atoms with Gasteiger partial charge in [-0.1, -0.05) is 17.7 Å². The lowest BCUT2D eigenvalue weighted by Crippen LogP contribution is -2.37. The number of nitrogens with one attached hydrogen (secondary N) is 2. The van der Waals surface area contributed by atoms with Crippen LogP contribution in [-0.4, -0.2) is 34.3 Å². The van der Waals surface area contributed by atoms with Gasteiger partial charge in [-0.2, -0.15) is 5.10 Å². The third-order valence-electron chi connectivity index (χ3n) is 3.98. The summed E-state index contributed by atoms with van der Waals surface area (Å²) < 4.78 is 7.38. The highest BCUT2D eigenvalue weighted by atomic mass is 16.3. The summed E-state index contributed by atoms with van der Waals surface area (Å²) >= 11 is 0. The zero-order valence-corrected chi connectivity index (χ0v) is 15.4. The molecule has 0 saturated heterocycles. The molecule has 0 aliphatic rings. The number of benzene rings is 1. The van der Waals surface area contributed by atoms with Crippen molar-refractivity contribution in [3.05, 3.63) is 59.7 Å². The Balaban J connectivity index is 1.48. The molecule has 0 saturated carbocycles. The number of hydrogen-bond donors (Lipinski definition) is 2. The number of aromatic nitrogens is 3. The van der Waals surface area contributed by atoms with E-state index in [4.69, 9.17) is 4.42 Å². The number of hydrogen-bond acceptors (Lipinski definition) is 4. The zero-order chi connectivity index (χ0) is 18.4.